The van der Waals surface area contributed by atoms with Crippen molar-refractivity contribution in [2.75, 3.05) is 13.1 Å². The minimum atomic E-state index is -1.09. The summed E-state index contributed by atoms with van der Waals surface area (Å²) >= 11 is 0. The van der Waals surface area contributed by atoms with Crippen molar-refractivity contribution in [3.8, 4) is 11.1 Å². The van der Waals surface area contributed by atoms with Crippen molar-refractivity contribution in [3.05, 3.63) is 60.2 Å². The zero-order valence-corrected chi connectivity index (χ0v) is 18.6. The van der Waals surface area contributed by atoms with Gasteiger partial charge in [-0.05, 0) is 48.3 Å². The predicted molar refractivity (Wildman–Crippen MR) is 123 cm³/mol. The fraction of sp³-hybridized carbons (Fsp3) is 0.444. The summed E-state index contributed by atoms with van der Waals surface area (Å²) in [5, 5.41) is 0. The summed E-state index contributed by atoms with van der Waals surface area (Å²) in [5.74, 6) is 0.139. The first-order valence-corrected chi connectivity index (χ1v) is 11.8. The lowest BCUT2D eigenvalue weighted by molar-refractivity contribution is -0.143. The Morgan fingerprint density at radius 2 is 1.66 bits per heavy atom. The number of carbonyl (C=O) groups is 3. The summed E-state index contributed by atoms with van der Waals surface area (Å²) in [6.07, 6.45) is 4.02. The largest absolute Gasteiger partial charge is 0.342 e. The van der Waals surface area contributed by atoms with Crippen molar-refractivity contribution >= 4 is 17.7 Å². The summed E-state index contributed by atoms with van der Waals surface area (Å²) in [7, 11) is 0. The minimum absolute atomic E-state index is 0.0116. The number of carbonyl (C=O) groups excluding carboxylic acids is 3. The van der Waals surface area contributed by atoms with Crippen LogP contribution in [0.25, 0.3) is 11.1 Å². The Bertz CT molecular complexity index is 1030. The maximum Gasteiger partial charge on any atom is 0.241 e. The molecule has 2 unspecified atom stereocenters. The Kier molecular flexibility index (Phi) is 5.36. The zero-order valence-electron chi connectivity index (χ0n) is 18.6. The third-order valence-corrected chi connectivity index (χ3v) is 7.27. The molecule has 166 valence electrons. The topological polar surface area (TPSA) is 57.7 Å². The third kappa shape index (κ3) is 3.74. The molecule has 1 aliphatic carbocycles. The summed E-state index contributed by atoms with van der Waals surface area (Å²) in [6.45, 7) is 3.63. The van der Waals surface area contributed by atoms with Crippen LogP contribution < -0.4 is 0 Å². The lowest BCUT2D eigenvalue weighted by Gasteiger charge is -2.34. The van der Waals surface area contributed by atoms with E-state index in [9.17, 15) is 14.4 Å². The smallest absolute Gasteiger partial charge is 0.241 e. The highest BCUT2D eigenvalue weighted by molar-refractivity contribution is 6.11. The Morgan fingerprint density at radius 1 is 0.969 bits per heavy atom. The number of amides is 3. The molecule has 0 N–H and O–H groups in total. The summed E-state index contributed by atoms with van der Waals surface area (Å²) in [4.78, 5) is 43.3. The van der Waals surface area contributed by atoms with E-state index in [1.807, 2.05) is 59.5 Å². The molecule has 2 heterocycles. The first-order valence-electron chi connectivity index (χ1n) is 11.8. The van der Waals surface area contributed by atoms with Crippen molar-refractivity contribution in [3.63, 3.8) is 0 Å². The van der Waals surface area contributed by atoms with Gasteiger partial charge in [-0.25, -0.2) is 0 Å². The Hall–Kier alpha value is -2.95. The predicted octanol–water partition coefficient (Wildman–Crippen LogP) is 4.16. The normalized spacial score (nSPS) is 26.0. The van der Waals surface area contributed by atoms with Crippen LogP contribution in [0.1, 0.15) is 51.0 Å². The lowest BCUT2D eigenvalue weighted by atomic mass is 9.75. The first-order chi connectivity index (χ1) is 15.5. The van der Waals surface area contributed by atoms with Crippen LogP contribution >= 0.6 is 0 Å². The number of benzene rings is 2. The molecule has 3 amide bonds. The van der Waals surface area contributed by atoms with Crippen LogP contribution in [0.4, 0.5) is 0 Å². The van der Waals surface area contributed by atoms with E-state index in [4.69, 9.17) is 0 Å². The molecule has 2 aromatic rings. The molecular formula is C27H30N2O3. The van der Waals surface area contributed by atoms with Crippen LogP contribution in [0.15, 0.2) is 54.6 Å². The number of nitrogens with zero attached hydrogens (tertiary/aromatic N) is 2. The van der Waals surface area contributed by atoms with E-state index < -0.39 is 5.41 Å². The molecule has 0 radical (unpaired) electrons. The summed E-state index contributed by atoms with van der Waals surface area (Å²) in [6, 6.07) is 18.0. The minimum Gasteiger partial charge on any atom is -0.342 e. The molecule has 32 heavy (non-hydrogen) atoms. The van der Waals surface area contributed by atoms with E-state index in [0.29, 0.717) is 5.92 Å². The molecule has 3 fully saturated rings. The Morgan fingerprint density at radius 3 is 2.31 bits per heavy atom. The van der Waals surface area contributed by atoms with Crippen molar-refractivity contribution in [1.82, 2.24) is 9.80 Å². The second kappa shape index (κ2) is 8.19. The first kappa shape index (κ1) is 20.9. The molecule has 2 aromatic carbocycles. The van der Waals surface area contributed by atoms with Gasteiger partial charge < -0.3 is 4.90 Å². The SMILES string of the molecule is CC1CCCN(C(=O)CC2(c3ccc(-c4ccccc4)cc3)CC(=O)N(C3CC3)C2=O)C1. The summed E-state index contributed by atoms with van der Waals surface area (Å²) < 4.78 is 0. The van der Waals surface area contributed by atoms with Crippen molar-refractivity contribution in [1.29, 1.82) is 0 Å². The zero-order chi connectivity index (χ0) is 22.3. The molecule has 2 saturated heterocycles. The highest BCUT2D eigenvalue weighted by atomic mass is 16.2. The van der Waals surface area contributed by atoms with Crippen molar-refractivity contribution < 1.29 is 14.4 Å². The molecule has 0 aromatic heterocycles. The van der Waals surface area contributed by atoms with Gasteiger partial charge in [0, 0.05) is 32.0 Å². The maximum atomic E-state index is 13.7. The molecule has 3 aliphatic rings. The van der Waals surface area contributed by atoms with Crippen LogP contribution in [0, 0.1) is 5.92 Å². The molecular weight excluding hydrogens is 400 g/mol. The maximum absolute atomic E-state index is 13.7. The third-order valence-electron chi connectivity index (χ3n) is 7.27. The van der Waals surface area contributed by atoms with Gasteiger partial charge in [-0.3, -0.25) is 19.3 Å². The van der Waals surface area contributed by atoms with Crippen LogP contribution in [-0.2, 0) is 19.8 Å². The number of imide groups is 1. The van der Waals surface area contributed by atoms with E-state index in [1.165, 1.54) is 4.90 Å². The van der Waals surface area contributed by atoms with Gasteiger partial charge in [-0.2, -0.15) is 0 Å². The lowest BCUT2D eigenvalue weighted by Crippen LogP contribution is -2.46. The van der Waals surface area contributed by atoms with E-state index in [1.54, 1.807) is 0 Å². The molecule has 5 nitrogen and oxygen atoms in total. The average Bonchev–Trinajstić information content (AvgIpc) is 3.60. The quantitative estimate of drug-likeness (QED) is 0.670. The van der Waals surface area contributed by atoms with E-state index in [-0.39, 0.29) is 36.6 Å². The van der Waals surface area contributed by atoms with Gasteiger partial charge in [-0.15, -0.1) is 0 Å². The van der Waals surface area contributed by atoms with Crippen LogP contribution in [0.2, 0.25) is 0 Å². The van der Waals surface area contributed by atoms with Crippen LogP contribution in [-0.4, -0.2) is 46.7 Å². The second-order valence-electron chi connectivity index (χ2n) is 9.77. The number of hydrogen-bond donors (Lipinski definition) is 0. The monoisotopic (exact) mass is 430 g/mol. The van der Waals surface area contributed by atoms with Gasteiger partial charge >= 0.3 is 0 Å². The highest BCUT2D eigenvalue weighted by Crippen LogP contribution is 2.45. The van der Waals surface area contributed by atoms with Gasteiger partial charge in [0.2, 0.25) is 17.7 Å². The van der Waals surface area contributed by atoms with E-state index in [2.05, 4.69) is 6.92 Å². The molecule has 0 bridgehead atoms. The number of piperidine rings is 1. The molecule has 2 atom stereocenters. The van der Waals surface area contributed by atoms with Gasteiger partial charge in [0.25, 0.3) is 0 Å². The number of hydrogen-bond acceptors (Lipinski definition) is 3. The molecule has 0 spiro atoms. The second-order valence-corrected chi connectivity index (χ2v) is 9.77. The fourth-order valence-electron chi connectivity index (χ4n) is 5.33. The van der Waals surface area contributed by atoms with Crippen molar-refractivity contribution in [2.24, 2.45) is 5.92 Å². The van der Waals surface area contributed by atoms with Gasteiger partial charge in [0.05, 0.1) is 5.41 Å². The molecule has 5 heteroatoms. The Balaban J connectivity index is 1.48. The fourth-order valence-corrected chi connectivity index (χ4v) is 5.33. The standard InChI is InChI=1S/C27H30N2O3/c1-19-6-5-15-28(18-19)24(30)16-27(17-25(31)29(26(27)32)23-13-14-23)22-11-9-21(10-12-22)20-7-3-2-4-8-20/h2-4,7-12,19,23H,5-6,13-18H2,1H3. The van der Waals surface area contributed by atoms with Gasteiger partial charge in [0.1, 0.15) is 0 Å². The van der Waals surface area contributed by atoms with E-state index in [0.717, 1.165) is 55.5 Å². The molecule has 2 aliphatic heterocycles. The van der Waals surface area contributed by atoms with Crippen LogP contribution in [0.5, 0.6) is 0 Å². The molecule has 1 saturated carbocycles. The van der Waals surface area contributed by atoms with Crippen LogP contribution in [0.3, 0.4) is 0 Å². The molecule has 5 rings (SSSR count). The summed E-state index contributed by atoms with van der Waals surface area (Å²) in [5.41, 5.74) is 1.83. The van der Waals surface area contributed by atoms with Crippen molar-refractivity contribution in [2.45, 2.75) is 56.9 Å². The Labute approximate surface area is 189 Å². The number of likely N-dealkylation sites (tertiary alicyclic amines) is 2. The van der Waals surface area contributed by atoms with Gasteiger partial charge in [0.15, 0.2) is 0 Å². The average molecular weight is 431 g/mol. The number of rotatable bonds is 5. The van der Waals surface area contributed by atoms with E-state index >= 15 is 0 Å². The van der Waals surface area contributed by atoms with Gasteiger partial charge in [-0.1, -0.05) is 61.5 Å². The highest BCUT2D eigenvalue weighted by Gasteiger charge is 2.57.